The Kier molecular flexibility index (Phi) is 72.9. The van der Waals surface area contributed by atoms with Crippen molar-refractivity contribution in [2.45, 2.75) is 341 Å². The Hall–Kier alpha value is -4.80. The second-order valence-electron chi connectivity index (χ2n) is 26.6. The van der Waals surface area contributed by atoms with Gasteiger partial charge in [0.1, 0.15) is 19.3 Å². The highest BCUT2D eigenvalue weighted by Crippen LogP contribution is 2.45. The summed E-state index contributed by atoms with van der Waals surface area (Å²) < 4.78 is 68.5. The molecular formula is C85H144O17P2. The maximum absolute atomic E-state index is 13.1. The first-order chi connectivity index (χ1) is 50.7. The molecule has 0 amide bonds. The van der Waals surface area contributed by atoms with Crippen molar-refractivity contribution < 1.29 is 80.2 Å². The number of hydrogen-bond donors (Lipinski definition) is 3. The minimum absolute atomic E-state index is 0.0633. The minimum atomic E-state index is -5.00. The number of allylic oxidation sites excluding steroid dienone is 22. The van der Waals surface area contributed by atoms with E-state index in [0.717, 1.165) is 148 Å². The molecular weight excluding hydrogens is 1350 g/mol. The zero-order valence-electron chi connectivity index (χ0n) is 65.2. The Morgan fingerprint density at radius 3 is 0.779 bits per heavy atom. The van der Waals surface area contributed by atoms with Gasteiger partial charge in [0.05, 0.1) is 26.4 Å². The van der Waals surface area contributed by atoms with E-state index in [2.05, 4.69) is 137 Å². The van der Waals surface area contributed by atoms with E-state index in [1.54, 1.807) is 0 Å². The number of ether oxygens (including phenoxy) is 4. The van der Waals surface area contributed by atoms with Crippen LogP contribution in [-0.2, 0) is 65.4 Å². The molecule has 0 radical (unpaired) electrons. The molecule has 19 heteroatoms. The monoisotopic (exact) mass is 1500 g/mol. The Balaban J connectivity index is 5.47. The van der Waals surface area contributed by atoms with Crippen LogP contribution in [-0.4, -0.2) is 96.7 Å². The number of phosphoric ester groups is 2. The lowest BCUT2D eigenvalue weighted by molar-refractivity contribution is -0.161. The molecule has 2 unspecified atom stereocenters. The predicted octanol–water partition coefficient (Wildman–Crippen LogP) is 23.7. The number of esters is 4. The van der Waals surface area contributed by atoms with Gasteiger partial charge >= 0.3 is 39.5 Å². The van der Waals surface area contributed by atoms with Gasteiger partial charge in [-0.2, -0.15) is 0 Å². The summed E-state index contributed by atoms with van der Waals surface area (Å²) in [7, 11) is -10.00. The van der Waals surface area contributed by atoms with E-state index in [1.165, 1.54) is 83.5 Å². The second-order valence-corrected chi connectivity index (χ2v) is 29.5. The maximum atomic E-state index is 13.1. The van der Waals surface area contributed by atoms with E-state index in [4.69, 9.17) is 37.0 Å². The predicted molar refractivity (Wildman–Crippen MR) is 427 cm³/mol. The van der Waals surface area contributed by atoms with Crippen molar-refractivity contribution in [3.63, 3.8) is 0 Å². The lowest BCUT2D eigenvalue weighted by Gasteiger charge is -2.21. The smallest absolute Gasteiger partial charge is 0.462 e. The summed E-state index contributed by atoms with van der Waals surface area (Å²) in [5.41, 5.74) is 0. The van der Waals surface area contributed by atoms with Crippen LogP contribution in [0.25, 0.3) is 0 Å². The van der Waals surface area contributed by atoms with Crippen LogP contribution in [0, 0.1) is 0 Å². The van der Waals surface area contributed by atoms with Crippen LogP contribution in [0.15, 0.2) is 134 Å². The van der Waals surface area contributed by atoms with Gasteiger partial charge in [-0.25, -0.2) is 9.13 Å². The van der Waals surface area contributed by atoms with Crippen molar-refractivity contribution in [1.82, 2.24) is 0 Å². The number of rotatable bonds is 75. The van der Waals surface area contributed by atoms with Crippen LogP contribution in [0.1, 0.15) is 323 Å². The lowest BCUT2D eigenvalue weighted by atomic mass is 10.1. The number of carbonyl (C=O) groups excluding carboxylic acids is 4. The topological polar surface area (TPSA) is 237 Å². The van der Waals surface area contributed by atoms with Crippen molar-refractivity contribution in [2.24, 2.45) is 0 Å². The number of aliphatic hydroxyl groups excluding tert-OH is 1. The van der Waals surface area contributed by atoms with E-state index in [0.29, 0.717) is 38.5 Å². The SMILES string of the molecule is CCCCC/C=C\C/C=C\C/C=C\C/C=C\CCCC(=O)OC[C@H](COP(=O)(O)OC[C@@H](O)COP(=O)(O)OC[C@@H](COC(=O)CCC/C=C\C/C=C\C/C=C\C/C=C\CCCCC)OC(=O)CCCCCCCCC/C=C\CCCCCC)OC(=O)CCCCCCC/C=C\C/C=C\CCCCC. The quantitative estimate of drug-likeness (QED) is 0.0169. The Morgan fingerprint density at radius 1 is 0.269 bits per heavy atom. The molecule has 0 aliphatic rings. The molecule has 596 valence electrons. The van der Waals surface area contributed by atoms with Crippen LogP contribution < -0.4 is 0 Å². The number of unbranched alkanes of at least 4 members (excludes halogenated alkanes) is 27. The van der Waals surface area contributed by atoms with Gasteiger partial charge < -0.3 is 33.8 Å². The van der Waals surface area contributed by atoms with Crippen molar-refractivity contribution in [3.05, 3.63) is 134 Å². The summed E-state index contributed by atoms with van der Waals surface area (Å²) in [6.07, 6.45) is 85.8. The maximum Gasteiger partial charge on any atom is 0.472 e. The van der Waals surface area contributed by atoms with Crippen LogP contribution in [0.2, 0.25) is 0 Å². The molecule has 0 saturated carbocycles. The fourth-order valence-corrected chi connectivity index (χ4v) is 11.9. The third-order valence-corrected chi connectivity index (χ3v) is 18.5. The highest BCUT2D eigenvalue weighted by molar-refractivity contribution is 7.47. The summed E-state index contributed by atoms with van der Waals surface area (Å²) in [6, 6.07) is 0. The summed E-state index contributed by atoms with van der Waals surface area (Å²) in [6.45, 7) is 4.65. The van der Waals surface area contributed by atoms with Gasteiger partial charge in [-0.1, -0.05) is 271 Å². The molecule has 0 aromatic rings. The molecule has 0 aliphatic carbocycles. The Morgan fingerprint density at radius 2 is 0.481 bits per heavy atom. The van der Waals surface area contributed by atoms with E-state index in [-0.39, 0.29) is 25.7 Å². The van der Waals surface area contributed by atoms with Gasteiger partial charge in [0.2, 0.25) is 0 Å². The van der Waals surface area contributed by atoms with Gasteiger partial charge in [0, 0.05) is 25.7 Å². The number of aliphatic hydroxyl groups is 1. The van der Waals surface area contributed by atoms with E-state index in [9.17, 15) is 43.2 Å². The van der Waals surface area contributed by atoms with Crippen LogP contribution in [0.3, 0.4) is 0 Å². The molecule has 0 heterocycles. The molecule has 0 rings (SSSR count). The number of phosphoric acid groups is 2. The summed E-state index contributed by atoms with van der Waals surface area (Å²) in [5.74, 6) is -2.32. The van der Waals surface area contributed by atoms with Crippen molar-refractivity contribution in [3.8, 4) is 0 Å². The van der Waals surface area contributed by atoms with Crippen molar-refractivity contribution in [1.29, 1.82) is 0 Å². The van der Waals surface area contributed by atoms with Crippen LogP contribution >= 0.6 is 15.6 Å². The molecule has 0 spiro atoms. The number of hydrogen-bond acceptors (Lipinski definition) is 15. The fraction of sp³-hybridized carbons (Fsp3) is 0.694. The number of carbonyl (C=O) groups is 4. The zero-order chi connectivity index (χ0) is 76.0. The van der Waals surface area contributed by atoms with E-state index in [1.807, 2.05) is 24.3 Å². The normalized spacial score (nSPS) is 14.6. The Labute approximate surface area is 631 Å². The van der Waals surface area contributed by atoms with E-state index >= 15 is 0 Å². The average Bonchev–Trinajstić information content (AvgIpc) is 0.937. The van der Waals surface area contributed by atoms with Crippen LogP contribution in [0.5, 0.6) is 0 Å². The van der Waals surface area contributed by atoms with Gasteiger partial charge in [-0.15, -0.1) is 0 Å². The third-order valence-electron chi connectivity index (χ3n) is 16.6. The van der Waals surface area contributed by atoms with Gasteiger partial charge in [-0.05, 0) is 161 Å². The largest absolute Gasteiger partial charge is 0.472 e. The summed E-state index contributed by atoms with van der Waals surface area (Å²) >= 11 is 0. The summed E-state index contributed by atoms with van der Waals surface area (Å²) in [5, 5.41) is 10.6. The molecule has 0 aromatic heterocycles. The van der Waals surface area contributed by atoms with E-state index < -0.39 is 97.5 Å². The standard InChI is InChI=1S/C85H144O17P2/c1-5-9-13-17-21-25-29-33-37-39-43-45-49-53-57-61-65-69-82(87)95-75-80(101-84(89)71-67-63-59-55-51-47-41-35-31-27-23-19-15-11-7-3)77-99-103(91,92)97-73-79(86)74-98-104(93,94)100-78-81(102-85(90)72-68-64-60-56-52-48-42-36-32-28-24-20-16-12-8-4)76-96-83(88)70-66-62-58-54-50-46-44-40-38-34-30-26-22-18-14-10-6-2/h21-23,25-28,32-35,37-38,41,43-46,53-54,57-58,79-81,86H,5-20,24,29-31,36,39-40,42,47-52,55-56,59-78H2,1-4H3,(H,91,92)(H,93,94)/b25-21-,26-22-,27-23-,32-28-,37-33-,38-34-,41-35-,45-43-,46-44-,57-53-,58-54-/t79-,80-,81-/m1/s1. The van der Waals surface area contributed by atoms with Crippen molar-refractivity contribution >= 4 is 39.5 Å². The highest BCUT2D eigenvalue weighted by Gasteiger charge is 2.30. The molecule has 0 saturated heterocycles. The lowest BCUT2D eigenvalue weighted by Crippen LogP contribution is -2.30. The molecule has 5 atom stereocenters. The summed E-state index contributed by atoms with van der Waals surface area (Å²) in [4.78, 5) is 73.0. The molecule has 0 aromatic carbocycles. The molecule has 0 fully saturated rings. The van der Waals surface area contributed by atoms with Gasteiger partial charge in [-0.3, -0.25) is 37.3 Å². The first kappa shape index (κ1) is 99.2. The third kappa shape index (κ3) is 75.4. The van der Waals surface area contributed by atoms with Crippen LogP contribution in [0.4, 0.5) is 0 Å². The molecule has 104 heavy (non-hydrogen) atoms. The first-order valence-corrected chi connectivity index (χ1v) is 43.4. The molecule has 3 N–H and O–H groups in total. The highest BCUT2D eigenvalue weighted by atomic mass is 31.2. The van der Waals surface area contributed by atoms with Gasteiger partial charge in [0.25, 0.3) is 0 Å². The zero-order valence-corrected chi connectivity index (χ0v) is 66.9. The van der Waals surface area contributed by atoms with Gasteiger partial charge in [0.15, 0.2) is 12.2 Å². The average molecular weight is 1500 g/mol. The van der Waals surface area contributed by atoms with Crippen molar-refractivity contribution in [2.75, 3.05) is 39.6 Å². The molecule has 0 bridgehead atoms. The molecule has 0 aliphatic heterocycles. The second kappa shape index (κ2) is 76.4. The fourth-order valence-electron chi connectivity index (χ4n) is 10.3. The first-order valence-electron chi connectivity index (χ1n) is 40.4. The minimum Gasteiger partial charge on any atom is -0.462 e. The Bertz CT molecular complexity index is 2490. The molecule has 17 nitrogen and oxygen atoms in total.